The van der Waals surface area contributed by atoms with Crippen LogP contribution in [0.15, 0.2) is 41.3 Å². The predicted octanol–water partition coefficient (Wildman–Crippen LogP) is 3.61. The number of carbonyl (C=O) groups is 1. The number of hydrogen-bond donors (Lipinski definition) is 1. The van der Waals surface area contributed by atoms with Gasteiger partial charge in [0, 0.05) is 43.9 Å². The van der Waals surface area contributed by atoms with Crippen LogP contribution in [0.2, 0.25) is 0 Å². The van der Waals surface area contributed by atoms with Crippen molar-refractivity contribution in [3.05, 3.63) is 63.6 Å². The normalized spacial score (nSPS) is 21.9. The fraction of sp³-hybridized carbons (Fsp3) is 0.538. The van der Waals surface area contributed by atoms with Crippen molar-refractivity contribution in [1.29, 1.82) is 0 Å². The standard InChI is InChI=1S/C26H33N3O3/c1-25(2)16-19-4-3-5-21(23(19)32-25)18-28-12-8-26(9-13-28)10-14-29(15-11-26)24(31)20-6-7-22(30)27-17-20/h3-7,17H,8-16,18H2,1-2H3,(H,27,30). The number of pyridine rings is 1. The zero-order valence-corrected chi connectivity index (χ0v) is 19.2. The average Bonchev–Trinajstić information content (AvgIpc) is 3.11. The molecule has 170 valence electrons. The molecule has 0 saturated carbocycles. The first-order chi connectivity index (χ1) is 15.3. The van der Waals surface area contributed by atoms with Gasteiger partial charge >= 0.3 is 0 Å². The number of hydrogen-bond acceptors (Lipinski definition) is 4. The second kappa shape index (κ2) is 8.07. The largest absolute Gasteiger partial charge is 0.487 e. The zero-order valence-electron chi connectivity index (χ0n) is 19.2. The third-order valence-corrected chi connectivity index (χ3v) is 7.63. The summed E-state index contributed by atoms with van der Waals surface area (Å²) in [6.45, 7) is 9.07. The van der Waals surface area contributed by atoms with Gasteiger partial charge in [0.2, 0.25) is 5.56 Å². The van der Waals surface area contributed by atoms with Crippen molar-refractivity contribution < 1.29 is 9.53 Å². The smallest absolute Gasteiger partial charge is 0.255 e. The molecular formula is C26H33N3O3. The summed E-state index contributed by atoms with van der Waals surface area (Å²) in [5.41, 5.74) is 3.28. The molecular weight excluding hydrogens is 402 g/mol. The number of H-pyrrole nitrogens is 1. The van der Waals surface area contributed by atoms with Crippen LogP contribution >= 0.6 is 0 Å². The predicted molar refractivity (Wildman–Crippen MR) is 124 cm³/mol. The molecule has 1 spiro atoms. The molecule has 3 aliphatic rings. The highest BCUT2D eigenvalue weighted by atomic mass is 16.5. The number of ether oxygens (including phenoxy) is 1. The molecule has 0 atom stereocenters. The van der Waals surface area contributed by atoms with Gasteiger partial charge in [-0.05, 0) is 69.7 Å². The third-order valence-electron chi connectivity index (χ3n) is 7.63. The number of likely N-dealkylation sites (tertiary alicyclic amines) is 2. The average molecular weight is 436 g/mol. The van der Waals surface area contributed by atoms with E-state index >= 15 is 0 Å². The molecule has 3 aliphatic heterocycles. The number of amides is 1. The first kappa shape index (κ1) is 21.3. The summed E-state index contributed by atoms with van der Waals surface area (Å²) in [6, 6.07) is 9.61. The van der Waals surface area contributed by atoms with E-state index in [1.807, 2.05) is 4.90 Å². The minimum absolute atomic E-state index is 0.0226. The second-order valence-electron chi connectivity index (χ2n) is 10.5. The third kappa shape index (κ3) is 4.20. The summed E-state index contributed by atoms with van der Waals surface area (Å²) in [6.07, 6.45) is 7.01. The number of aromatic nitrogens is 1. The number of nitrogens with one attached hydrogen (secondary N) is 1. The molecule has 4 heterocycles. The van der Waals surface area contributed by atoms with Gasteiger partial charge in [-0.1, -0.05) is 18.2 Å². The minimum atomic E-state index is -0.179. The molecule has 0 unspecified atom stereocenters. The molecule has 2 saturated heterocycles. The van der Waals surface area contributed by atoms with Crippen LogP contribution < -0.4 is 10.3 Å². The number of rotatable bonds is 3. The second-order valence-corrected chi connectivity index (χ2v) is 10.5. The molecule has 2 fully saturated rings. The first-order valence-electron chi connectivity index (χ1n) is 11.8. The van der Waals surface area contributed by atoms with Gasteiger partial charge in [-0.2, -0.15) is 0 Å². The van der Waals surface area contributed by atoms with Crippen molar-refractivity contribution in [3.8, 4) is 5.75 Å². The van der Waals surface area contributed by atoms with Crippen LogP contribution in [0.5, 0.6) is 5.75 Å². The number of carbonyl (C=O) groups excluding carboxylic acids is 1. The van der Waals surface area contributed by atoms with Crippen LogP contribution in [-0.2, 0) is 13.0 Å². The van der Waals surface area contributed by atoms with Gasteiger partial charge in [-0.3, -0.25) is 14.5 Å². The van der Waals surface area contributed by atoms with E-state index in [-0.39, 0.29) is 17.1 Å². The number of fused-ring (bicyclic) bond motifs is 1. The van der Waals surface area contributed by atoms with E-state index in [0.717, 1.165) is 57.7 Å². The Morgan fingerprint density at radius 2 is 1.75 bits per heavy atom. The number of nitrogens with zero attached hydrogens (tertiary/aromatic N) is 2. The molecule has 5 rings (SSSR count). The lowest BCUT2D eigenvalue weighted by atomic mass is 9.71. The molecule has 1 aromatic heterocycles. The molecule has 0 radical (unpaired) electrons. The van der Waals surface area contributed by atoms with E-state index in [4.69, 9.17) is 4.74 Å². The molecule has 0 bridgehead atoms. The van der Waals surface area contributed by atoms with Gasteiger partial charge in [0.1, 0.15) is 11.4 Å². The van der Waals surface area contributed by atoms with Crippen molar-refractivity contribution in [1.82, 2.24) is 14.8 Å². The van der Waals surface area contributed by atoms with Crippen LogP contribution in [-0.4, -0.2) is 52.5 Å². The topological polar surface area (TPSA) is 65.6 Å². The van der Waals surface area contributed by atoms with E-state index in [1.54, 1.807) is 6.07 Å². The van der Waals surface area contributed by atoms with Gasteiger partial charge in [0.25, 0.3) is 5.91 Å². The molecule has 1 aromatic carbocycles. The van der Waals surface area contributed by atoms with Crippen LogP contribution in [0.25, 0.3) is 0 Å². The van der Waals surface area contributed by atoms with Gasteiger partial charge in [-0.25, -0.2) is 0 Å². The maximum atomic E-state index is 12.8. The Kier molecular flexibility index (Phi) is 5.36. The highest BCUT2D eigenvalue weighted by Crippen LogP contribution is 2.43. The lowest BCUT2D eigenvalue weighted by Crippen LogP contribution is -2.48. The highest BCUT2D eigenvalue weighted by molar-refractivity contribution is 5.93. The highest BCUT2D eigenvalue weighted by Gasteiger charge is 2.39. The molecule has 2 aromatic rings. The van der Waals surface area contributed by atoms with Crippen molar-refractivity contribution in [2.75, 3.05) is 26.2 Å². The number of benzene rings is 1. The van der Waals surface area contributed by atoms with Crippen molar-refractivity contribution >= 4 is 5.91 Å². The Balaban J connectivity index is 1.16. The van der Waals surface area contributed by atoms with E-state index in [0.29, 0.717) is 11.0 Å². The Hall–Kier alpha value is -2.60. The summed E-state index contributed by atoms with van der Waals surface area (Å²) in [5, 5.41) is 0. The van der Waals surface area contributed by atoms with E-state index in [1.165, 1.54) is 36.2 Å². The van der Waals surface area contributed by atoms with Crippen molar-refractivity contribution in [3.63, 3.8) is 0 Å². The Morgan fingerprint density at radius 3 is 2.44 bits per heavy atom. The molecule has 32 heavy (non-hydrogen) atoms. The quantitative estimate of drug-likeness (QED) is 0.800. The SMILES string of the molecule is CC1(C)Cc2cccc(CN3CCC4(CC3)CCN(C(=O)c3ccc(=O)[nH]c3)CC4)c2O1. The first-order valence-corrected chi connectivity index (χ1v) is 11.8. The summed E-state index contributed by atoms with van der Waals surface area (Å²) in [7, 11) is 0. The van der Waals surface area contributed by atoms with Gasteiger partial charge in [0.05, 0.1) is 5.56 Å². The monoisotopic (exact) mass is 435 g/mol. The van der Waals surface area contributed by atoms with Crippen LogP contribution in [0.1, 0.15) is 61.0 Å². The van der Waals surface area contributed by atoms with Crippen LogP contribution in [0, 0.1) is 5.41 Å². The van der Waals surface area contributed by atoms with Crippen LogP contribution in [0.4, 0.5) is 0 Å². The minimum Gasteiger partial charge on any atom is -0.487 e. The Labute approximate surface area is 189 Å². The Bertz CT molecular complexity index is 1040. The summed E-state index contributed by atoms with van der Waals surface area (Å²) >= 11 is 0. The lowest BCUT2D eigenvalue weighted by molar-refractivity contribution is 0.0282. The number of piperidine rings is 2. The Morgan fingerprint density at radius 1 is 1.03 bits per heavy atom. The maximum Gasteiger partial charge on any atom is 0.255 e. The van der Waals surface area contributed by atoms with Crippen LogP contribution in [0.3, 0.4) is 0 Å². The van der Waals surface area contributed by atoms with E-state index in [9.17, 15) is 9.59 Å². The summed E-state index contributed by atoms with van der Waals surface area (Å²) < 4.78 is 6.27. The van der Waals surface area contributed by atoms with Gasteiger partial charge < -0.3 is 14.6 Å². The molecule has 0 aliphatic carbocycles. The maximum absolute atomic E-state index is 12.8. The summed E-state index contributed by atoms with van der Waals surface area (Å²) in [5.74, 6) is 1.13. The fourth-order valence-corrected chi connectivity index (χ4v) is 5.64. The lowest BCUT2D eigenvalue weighted by Gasteiger charge is -2.47. The zero-order chi connectivity index (χ0) is 22.3. The molecule has 1 N–H and O–H groups in total. The van der Waals surface area contributed by atoms with E-state index < -0.39 is 0 Å². The van der Waals surface area contributed by atoms with Gasteiger partial charge in [0.15, 0.2) is 0 Å². The van der Waals surface area contributed by atoms with Gasteiger partial charge in [-0.15, -0.1) is 0 Å². The molecule has 1 amide bonds. The fourth-order valence-electron chi connectivity index (χ4n) is 5.64. The van der Waals surface area contributed by atoms with Crippen molar-refractivity contribution in [2.24, 2.45) is 5.41 Å². The molecule has 6 heteroatoms. The number of aromatic amines is 1. The number of para-hydroxylation sites is 1. The van der Waals surface area contributed by atoms with E-state index in [2.05, 4.69) is 41.9 Å². The summed E-state index contributed by atoms with van der Waals surface area (Å²) in [4.78, 5) is 31.1. The van der Waals surface area contributed by atoms with Crippen molar-refractivity contribution in [2.45, 2.75) is 58.1 Å². The molecule has 6 nitrogen and oxygen atoms in total.